The van der Waals surface area contributed by atoms with Crippen LogP contribution in [0.2, 0.25) is 0 Å². The molecule has 1 aromatic carbocycles. The molecule has 29 heavy (non-hydrogen) atoms. The van der Waals surface area contributed by atoms with E-state index in [0.717, 1.165) is 5.56 Å². The van der Waals surface area contributed by atoms with Gasteiger partial charge in [0, 0.05) is 0 Å². The molecular weight excluding hydrogens is 466 g/mol. The van der Waals surface area contributed by atoms with Crippen LogP contribution in [0.5, 0.6) is 0 Å². The van der Waals surface area contributed by atoms with Gasteiger partial charge in [0.15, 0.2) is 0 Å². The largest absolute Gasteiger partial charge is 1.00 e. The fourth-order valence-corrected chi connectivity index (χ4v) is 0.876. The number of amides is 1. The molecule has 1 N–H and O–H groups in total. The Bertz CT molecular complexity index is 469. The molecule has 0 saturated carbocycles. The molecule has 0 unspecified atom stereocenters. The fourth-order valence-electron chi connectivity index (χ4n) is 0.876. The van der Waals surface area contributed by atoms with Gasteiger partial charge in [0.2, 0.25) is 0 Å². The molecule has 0 saturated heterocycles. The van der Waals surface area contributed by atoms with Gasteiger partial charge < -0.3 is 68.8 Å². The monoisotopic (exact) mass is 478 g/mol. The van der Waals surface area contributed by atoms with Crippen molar-refractivity contribution in [3.63, 3.8) is 0 Å². The van der Waals surface area contributed by atoms with Crippen LogP contribution in [0.4, 0.5) is 56.6 Å². The third-order valence-electron chi connectivity index (χ3n) is 1.48. The summed E-state index contributed by atoms with van der Waals surface area (Å²) in [6.07, 6.45) is -0.432. The standard InChI is InChI=1S/C10H12NO2.3BF4.K/c1-2-11-10(12)13-8-9-6-4-3-5-7-9;3*2-1(3,4)5;/h3-7H,1-2,8H2,(H,11,12);;;;/q4*-1;+1. The van der Waals surface area contributed by atoms with Crippen LogP contribution >= 0.6 is 0 Å². The number of rotatable bonds is 3. The van der Waals surface area contributed by atoms with E-state index in [1.807, 2.05) is 30.3 Å². The molecule has 0 bridgehead atoms. The zero-order chi connectivity index (χ0) is 23.0. The predicted molar refractivity (Wildman–Crippen MR) is 80.5 cm³/mol. The van der Waals surface area contributed by atoms with Crippen molar-refractivity contribution in [2.75, 3.05) is 6.54 Å². The summed E-state index contributed by atoms with van der Waals surface area (Å²) in [5, 5.41) is 2.44. The van der Waals surface area contributed by atoms with Crippen molar-refractivity contribution in [3.8, 4) is 0 Å². The van der Waals surface area contributed by atoms with Gasteiger partial charge in [0.05, 0.1) is 0 Å². The SMILES string of the molecule is F[B-](F)(F)F.F[B-](F)(F)F.F[B-](F)(F)F.[CH2-]CNC(=O)OCc1ccccc1.[K+]. The molecule has 0 aliphatic heterocycles. The number of carbonyl (C=O) groups excluding carboxylic acids is 1. The maximum Gasteiger partial charge on any atom is 1.00 e. The Morgan fingerprint density at radius 1 is 0.793 bits per heavy atom. The molecule has 1 amide bonds. The number of ether oxygens (including phenoxy) is 1. The van der Waals surface area contributed by atoms with Crippen molar-refractivity contribution in [2.45, 2.75) is 6.61 Å². The molecule has 0 aliphatic carbocycles. The zero-order valence-electron chi connectivity index (χ0n) is 14.6. The van der Waals surface area contributed by atoms with Gasteiger partial charge in [-0.25, -0.2) is 4.79 Å². The van der Waals surface area contributed by atoms with Crippen LogP contribution in [0.25, 0.3) is 0 Å². The summed E-state index contributed by atoms with van der Waals surface area (Å²) >= 11 is 0. The molecule has 166 valence electrons. The van der Waals surface area contributed by atoms with Crippen molar-refractivity contribution in [1.82, 2.24) is 5.32 Å². The van der Waals surface area contributed by atoms with Gasteiger partial charge >= 0.3 is 79.2 Å². The first-order valence-corrected chi connectivity index (χ1v) is 6.68. The van der Waals surface area contributed by atoms with Gasteiger partial charge in [-0.15, -0.1) is 6.54 Å². The van der Waals surface area contributed by atoms with Crippen molar-refractivity contribution in [3.05, 3.63) is 42.8 Å². The van der Waals surface area contributed by atoms with E-state index in [0.29, 0.717) is 13.2 Å². The maximum absolute atomic E-state index is 10.8. The Morgan fingerprint density at radius 2 is 1.10 bits per heavy atom. The summed E-state index contributed by atoms with van der Waals surface area (Å²) in [7, 11) is -18.0. The minimum Gasteiger partial charge on any atom is -0.445 e. The Hall–Kier alpha value is -0.519. The first-order chi connectivity index (χ1) is 12.3. The van der Waals surface area contributed by atoms with Gasteiger partial charge in [-0.3, -0.25) is 0 Å². The third kappa shape index (κ3) is 74.5. The fraction of sp³-hybridized carbons (Fsp3) is 0.200. The third-order valence-corrected chi connectivity index (χ3v) is 1.48. The average molecular weight is 478 g/mol. The number of hydrogen-bond donors (Lipinski definition) is 1. The molecule has 0 atom stereocenters. The second kappa shape index (κ2) is 18.3. The predicted octanol–water partition coefficient (Wildman–Crippen LogP) is 2.65. The Morgan fingerprint density at radius 3 is 1.38 bits per heavy atom. The summed E-state index contributed by atoms with van der Waals surface area (Å²) < 4.78 is 122. The van der Waals surface area contributed by atoms with Crippen molar-refractivity contribution < 1.29 is 113 Å². The molecule has 1 rings (SSSR count). The minimum atomic E-state index is -6.00. The minimum absolute atomic E-state index is 0. The summed E-state index contributed by atoms with van der Waals surface area (Å²) in [5.74, 6) is 0. The van der Waals surface area contributed by atoms with E-state index in [2.05, 4.69) is 12.2 Å². The molecule has 19 heteroatoms. The van der Waals surface area contributed by atoms with Crippen LogP contribution in [-0.4, -0.2) is 34.4 Å². The summed E-state index contributed by atoms with van der Waals surface area (Å²) in [4.78, 5) is 10.8. The van der Waals surface area contributed by atoms with E-state index in [1.165, 1.54) is 0 Å². The topological polar surface area (TPSA) is 38.3 Å². The Balaban J connectivity index is -0.000000164. The van der Waals surface area contributed by atoms with E-state index in [1.54, 1.807) is 0 Å². The van der Waals surface area contributed by atoms with E-state index in [4.69, 9.17) is 4.74 Å². The molecule has 3 nitrogen and oxygen atoms in total. The van der Waals surface area contributed by atoms with Gasteiger partial charge in [-0.1, -0.05) is 30.3 Å². The zero-order valence-corrected chi connectivity index (χ0v) is 17.7. The molecule has 0 spiro atoms. The number of nitrogens with one attached hydrogen (secondary N) is 1. The summed E-state index contributed by atoms with van der Waals surface area (Å²) in [6.45, 7) is 4.11. The van der Waals surface area contributed by atoms with Crippen LogP contribution in [0, 0.1) is 6.92 Å². The number of carbonyl (C=O) groups is 1. The number of benzene rings is 1. The van der Waals surface area contributed by atoms with E-state index in [9.17, 15) is 56.6 Å². The van der Waals surface area contributed by atoms with E-state index in [-0.39, 0.29) is 51.4 Å². The molecule has 1 aromatic rings. The number of halogens is 12. The quantitative estimate of drug-likeness (QED) is 0.413. The molecule has 0 aliphatic rings. The van der Waals surface area contributed by atoms with E-state index >= 15 is 0 Å². The van der Waals surface area contributed by atoms with Crippen molar-refractivity contribution >= 4 is 27.9 Å². The van der Waals surface area contributed by atoms with Crippen LogP contribution in [-0.2, 0) is 11.3 Å². The molecule has 0 radical (unpaired) electrons. The van der Waals surface area contributed by atoms with Gasteiger partial charge in [0.25, 0.3) is 0 Å². The van der Waals surface area contributed by atoms with Gasteiger partial charge in [-0.2, -0.15) is 0 Å². The number of hydrogen-bond acceptors (Lipinski definition) is 2. The Labute approximate surface area is 200 Å². The normalized spacial score (nSPS) is 10.4. The Kier molecular flexibility index (Phi) is 22.6. The van der Waals surface area contributed by atoms with Crippen LogP contribution in [0.3, 0.4) is 0 Å². The maximum atomic E-state index is 10.8. The number of alkyl carbamates (subject to hydrolysis) is 1. The van der Waals surface area contributed by atoms with Crippen LogP contribution in [0.1, 0.15) is 5.56 Å². The molecule has 0 fully saturated rings. The van der Waals surface area contributed by atoms with E-state index < -0.39 is 27.9 Å². The first-order valence-electron chi connectivity index (χ1n) is 6.68. The molecule has 0 heterocycles. The smallest absolute Gasteiger partial charge is 0.445 e. The van der Waals surface area contributed by atoms with Crippen molar-refractivity contribution in [2.24, 2.45) is 0 Å². The van der Waals surface area contributed by atoms with Gasteiger partial charge in [-0.05, 0) is 5.56 Å². The summed E-state index contributed by atoms with van der Waals surface area (Å²) in [6, 6.07) is 9.52. The van der Waals surface area contributed by atoms with Crippen LogP contribution in [0.15, 0.2) is 30.3 Å². The van der Waals surface area contributed by atoms with Crippen molar-refractivity contribution in [1.29, 1.82) is 0 Å². The second-order valence-corrected chi connectivity index (χ2v) is 3.97. The van der Waals surface area contributed by atoms with Gasteiger partial charge in [0.1, 0.15) is 6.61 Å². The summed E-state index contributed by atoms with van der Waals surface area (Å²) in [5.41, 5.74) is 0.974. The first kappa shape index (κ1) is 35.9. The second-order valence-electron chi connectivity index (χ2n) is 3.97. The average Bonchev–Trinajstić information content (AvgIpc) is 2.41. The van der Waals surface area contributed by atoms with Crippen LogP contribution < -0.4 is 56.7 Å². The molecule has 0 aromatic heterocycles. The molecular formula is C10H12B3F12KNO2-3.